The van der Waals surface area contributed by atoms with Crippen LogP contribution in [-0.2, 0) is 6.42 Å². The fraction of sp³-hybridized carbons (Fsp3) is 0.462. The van der Waals surface area contributed by atoms with Gasteiger partial charge in [0.2, 0.25) is 0 Å². The van der Waals surface area contributed by atoms with E-state index < -0.39 is 11.4 Å². The molecule has 1 aromatic carbocycles. The van der Waals surface area contributed by atoms with Gasteiger partial charge in [0, 0.05) is 6.54 Å². The van der Waals surface area contributed by atoms with Crippen LogP contribution < -0.4 is 11.1 Å². The van der Waals surface area contributed by atoms with Gasteiger partial charge in [0.1, 0.15) is 0 Å². The van der Waals surface area contributed by atoms with Crippen LogP contribution in [0.25, 0.3) is 11.1 Å². The normalized spacial score (nSPS) is 12.2. The summed E-state index contributed by atoms with van der Waals surface area (Å²) in [5.41, 5.74) is 1.72. The van der Waals surface area contributed by atoms with Crippen LogP contribution in [0.1, 0.15) is 19.4 Å². The minimum atomic E-state index is -0.695. The molecule has 0 spiro atoms. The van der Waals surface area contributed by atoms with Gasteiger partial charge in [-0.2, -0.15) is 0 Å². The van der Waals surface area contributed by atoms with Gasteiger partial charge in [-0.15, -0.1) is 0 Å². The third-order valence-electron chi connectivity index (χ3n) is 2.63. The number of oxazole rings is 1. The van der Waals surface area contributed by atoms with Gasteiger partial charge in [-0.3, -0.25) is 4.98 Å². The Kier molecular flexibility index (Phi) is 3.54. The molecule has 0 amide bonds. The number of hydrogen-bond donors (Lipinski definition) is 3. The highest BCUT2D eigenvalue weighted by Crippen LogP contribution is 2.12. The zero-order valence-corrected chi connectivity index (χ0v) is 10.6. The molecule has 2 aromatic rings. The van der Waals surface area contributed by atoms with Crippen molar-refractivity contribution in [3.05, 3.63) is 34.3 Å². The first kappa shape index (κ1) is 12.9. The number of hydrogen-bond acceptors (Lipinski definition) is 4. The Morgan fingerprint density at radius 2 is 2.22 bits per heavy atom. The molecule has 1 heterocycles. The van der Waals surface area contributed by atoms with Crippen LogP contribution in [0.4, 0.5) is 0 Å². The van der Waals surface area contributed by atoms with Crippen molar-refractivity contribution in [2.75, 3.05) is 13.1 Å². The Balaban J connectivity index is 1.93. The lowest BCUT2D eigenvalue weighted by Gasteiger charge is -2.17. The van der Waals surface area contributed by atoms with Crippen LogP contribution in [0.5, 0.6) is 0 Å². The molecule has 0 saturated carbocycles. The third kappa shape index (κ3) is 3.45. The number of rotatable bonds is 5. The molecule has 5 nitrogen and oxygen atoms in total. The van der Waals surface area contributed by atoms with Gasteiger partial charge in [0.15, 0.2) is 5.58 Å². The van der Waals surface area contributed by atoms with Gasteiger partial charge in [-0.05, 0) is 44.5 Å². The van der Waals surface area contributed by atoms with E-state index in [1.165, 1.54) is 0 Å². The second-order valence-electron chi connectivity index (χ2n) is 5.08. The lowest BCUT2D eigenvalue weighted by molar-refractivity contribution is 0.0801. The van der Waals surface area contributed by atoms with E-state index in [0.717, 1.165) is 24.0 Å². The van der Waals surface area contributed by atoms with Crippen molar-refractivity contribution in [3.63, 3.8) is 0 Å². The molecule has 18 heavy (non-hydrogen) atoms. The molecule has 0 saturated heterocycles. The molecule has 0 radical (unpaired) electrons. The van der Waals surface area contributed by atoms with Crippen LogP contribution in [0.2, 0.25) is 0 Å². The first-order valence-electron chi connectivity index (χ1n) is 5.99. The quantitative estimate of drug-likeness (QED) is 0.692. The van der Waals surface area contributed by atoms with Crippen LogP contribution >= 0.6 is 0 Å². The summed E-state index contributed by atoms with van der Waals surface area (Å²) < 4.78 is 4.93. The molecule has 1 aromatic heterocycles. The maximum atomic E-state index is 11.0. The predicted octanol–water partition coefficient (Wildman–Crippen LogP) is 1.02. The average Bonchev–Trinajstić information content (AvgIpc) is 2.62. The van der Waals surface area contributed by atoms with Crippen molar-refractivity contribution in [2.24, 2.45) is 0 Å². The van der Waals surface area contributed by atoms with E-state index in [0.29, 0.717) is 12.1 Å². The highest BCUT2D eigenvalue weighted by molar-refractivity contribution is 5.72. The molecule has 0 unspecified atom stereocenters. The summed E-state index contributed by atoms with van der Waals surface area (Å²) in [6.45, 7) is 4.86. The molecule has 5 heteroatoms. The van der Waals surface area contributed by atoms with E-state index in [1.807, 2.05) is 12.1 Å². The summed E-state index contributed by atoms with van der Waals surface area (Å²) in [7, 11) is 0. The third-order valence-corrected chi connectivity index (χ3v) is 2.63. The van der Waals surface area contributed by atoms with Crippen LogP contribution in [0.3, 0.4) is 0 Å². The smallest absolute Gasteiger partial charge is 0.408 e. The lowest BCUT2D eigenvalue weighted by atomic mass is 10.1. The number of aromatic amines is 1. The molecule has 2 rings (SSSR count). The van der Waals surface area contributed by atoms with E-state index >= 15 is 0 Å². The summed E-state index contributed by atoms with van der Waals surface area (Å²) in [5.74, 6) is -0.428. The monoisotopic (exact) mass is 250 g/mol. The Labute approximate surface area is 105 Å². The molecule has 0 atom stereocenters. The zero-order valence-electron chi connectivity index (χ0n) is 10.6. The zero-order chi connectivity index (χ0) is 13.2. The van der Waals surface area contributed by atoms with Crippen molar-refractivity contribution >= 4 is 11.1 Å². The van der Waals surface area contributed by atoms with Crippen LogP contribution in [0, 0.1) is 0 Å². The van der Waals surface area contributed by atoms with Crippen molar-refractivity contribution in [3.8, 4) is 0 Å². The molecule has 0 aliphatic carbocycles. The second-order valence-corrected chi connectivity index (χ2v) is 5.08. The van der Waals surface area contributed by atoms with Gasteiger partial charge in [0.05, 0.1) is 11.1 Å². The number of fused-ring (bicyclic) bond motifs is 1. The molecule has 98 valence electrons. The SMILES string of the molecule is CC(C)(O)CNCCc1ccc2oc(=O)[nH]c2c1. The molecule has 0 aliphatic heterocycles. The molecular weight excluding hydrogens is 232 g/mol. The molecule has 0 aliphatic rings. The Morgan fingerprint density at radius 1 is 1.44 bits per heavy atom. The highest BCUT2D eigenvalue weighted by atomic mass is 16.4. The number of aliphatic hydroxyl groups is 1. The summed E-state index contributed by atoms with van der Waals surface area (Å²) in [4.78, 5) is 13.6. The number of nitrogens with one attached hydrogen (secondary N) is 2. The summed E-state index contributed by atoms with van der Waals surface area (Å²) in [6, 6.07) is 5.63. The van der Waals surface area contributed by atoms with Crippen molar-refractivity contribution < 1.29 is 9.52 Å². The topological polar surface area (TPSA) is 78.3 Å². The number of H-pyrrole nitrogens is 1. The maximum absolute atomic E-state index is 11.0. The van der Waals surface area contributed by atoms with E-state index in [9.17, 15) is 9.90 Å². The molecule has 0 bridgehead atoms. The van der Waals surface area contributed by atoms with Gasteiger partial charge in [0.25, 0.3) is 0 Å². The van der Waals surface area contributed by atoms with Gasteiger partial charge in [-0.1, -0.05) is 6.07 Å². The predicted molar refractivity (Wildman–Crippen MR) is 69.7 cm³/mol. The van der Waals surface area contributed by atoms with Gasteiger partial charge < -0.3 is 14.8 Å². The van der Waals surface area contributed by atoms with E-state index in [1.54, 1.807) is 19.9 Å². The van der Waals surface area contributed by atoms with Crippen LogP contribution in [-0.4, -0.2) is 28.8 Å². The first-order valence-corrected chi connectivity index (χ1v) is 5.99. The van der Waals surface area contributed by atoms with Gasteiger partial charge >= 0.3 is 5.76 Å². The second kappa shape index (κ2) is 4.96. The van der Waals surface area contributed by atoms with E-state index in [-0.39, 0.29) is 0 Å². The Bertz CT molecular complexity index is 578. The summed E-state index contributed by atoms with van der Waals surface area (Å²) in [5, 5.41) is 12.7. The largest absolute Gasteiger partial charge is 0.417 e. The lowest BCUT2D eigenvalue weighted by Crippen LogP contribution is -2.35. The fourth-order valence-corrected chi connectivity index (χ4v) is 1.78. The molecular formula is C13H18N2O3. The summed E-state index contributed by atoms with van der Waals surface area (Å²) in [6.07, 6.45) is 0.833. The van der Waals surface area contributed by atoms with E-state index in [4.69, 9.17) is 4.42 Å². The maximum Gasteiger partial charge on any atom is 0.417 e. The minimum absolute atomic E-state index is 0.428. The van der Waals surface area contributed by atoms with E-state index in [2.05, 4.69) is 10.3 Å². The van der Waals surface area contributed by atoms with Crippen LogP contribution in [0.15, 0.2) is 27.4 Å². The molecule has 0 fully saturated rings. The molecule has 3 N–H and O–H groups in total. The average molecular weight is 250 g/mol. The standard InChI is InChI=1S/C13H18N2O3/c1-13(2,17)8-14-6-5-9-3-4-11-10(7-9)15-12(16)18-11/h3-4,7,14,17H,5-6,8H2,1-2H3,(H,15,16). The van der Waals surface area contributed by atoms with Crippen molar-refractivity contribution in [1.82, 2.24) is 10.3 Å². The van der Waals surface area contributed by atoms with Crippen molar-refractivity contribution in [1.29, 1.82) is 0 Å². The highest BCUT2D eigenvalue weighted by Gasteiger charge is 2.10. The van der Waals surface area contributed by atoms with Crippen molar-refractivity contribution in [2.45, 2.75) is 25.9 Å². The minimum Gasteiger partial charge on any atom is -0.408 e. The fourth-order valence-electron chi connectivity index (χ4n) is 1.78. The number of aromatic nitrogens is 1. The van der Waals surface area contributed by atoms with Gasteiger partial charge in [-0.25, -0.2) is 4.79 Å². The Morgan fingerprint density at radius 3 is 2.94 bits per heavy atom. The Hall–Kier alpha value is -1.59. The number of benzene rings is 1. The summed E-state index contributed by atoms with van der Waals surface area (Å²) >= 11 is 0. The first-order chi connectivity index (χ1) is 8.44.